The molecule has 0 aliphatic heterocycles. The van der Waals surface area contributed by atoms with Crippen LogP contribution < -0.4 is 14.4 Å². The van der Waals surface area contributed by atoms with Gasteiger partial charge in [0.25, 0.3) is 0 Å². The van der Waals surface area contributed by atoms with Crippen molar-refractivity contribution in [3.8, 4) is 5.75 Å². The molecule has 0 radical (unpaired) electrons. The Kier molecular flexibility index (Phi) is 11.6. The van der Waals surface area contributed by atoms with Crippen LogP contribution >= 0.6 is 0 Å². The number of amides is 2. The number of nitrogens with zero attached hydrogens (tertiary/aromatic N) is 2. The molecule has 38 heavy (non-hydrogen) atoms. The third-order valence-electron chi connectivity index (χ3n) is 6.90. The fourth-order valence-corrected chi connectivity index (χ4v) is 5.29. The fraction of sp³-hybridized carbons (Fsp3) is 0.517. The number of benzene rings is 2. The first-order chi connectivity index (χ1) is 17.9. The van der Waals surface area contributed by atoms with E-state index >= 15 is 0 Å². The lowest BCUT2D eigenvalue weighted by Gasteiger charge is -2.32. The van der Waals surface area contributed by atoms with Crippen LogP contribution in [0.3, 0.4) is 0 Å². The molecular formula is C29H43N3O5S. The van der Waals surface area contributed by atoms with E-state index in [4.69, 9.17) is 4.74 Å². The smallest absolute Gasteiger partial charge is 0.243 e. The summed E-state index contributed by atoms with van der Waals surface area (Å²) in [7, 11) is -1.96. The Morgan fingerprint density at radius 2 is 1.68 bits per heavy atom. The summed E-state index contributed by atoms with van der Waals surface area (Å²) in [6, 6.07) is 12.3. The van der Waals surface area contributed by atoms with Gasteiger partial charge in [0.15, 0.2) is 0 Å². The van der Waals surface area contributed by atoms with E-state index < -0.39 is 16.1 Å². The van der Waals surface area contributed by atoms with E-state index in [9.17, 15) is 18.0 Å². The zero-order chi connectivity index (χ0) is 28.5. The number of anilines is 1. The first kappa shape index (κ1) is 31.1. The molecule has 2 rings (SSSR count). The summed E-state index contributed by atoms with van der Waals surface area (Å²) in [6.45, 7) is 10.1. The lowest BCUT2D eigenvalue weighted by atomic mass is 10.1. The number of hydrogen-bond acceptors (Lipinski definition) is 5. The number of rotatable bonds is 14. The monoisotopic (exact) mass is 545 g/mol. The van der Waals surface area contributed by atoms with E-state index in [0.29, 0.717) is 24.3 Å². The number of sulfonamides is 1. The molecule has 0 aliphatic carbocycles. The molecular weight excluding hydrogens is 502 g/mol. The van der Waals surface area contributed by atoms with Crippen molar-refractivity contribution in [1.82, 2.24) is 10.2 Å². The largest absolute Gasteiger partial charge is 0.497 e. The lowest BCUT2D eigenvalue weighted by molar-refractivity contribution is -0.141. The molecule has 2 aromatic carbocycles. The van der Waals surface area contributed by atoms with Crippen molar-refractivity contribution < 1.29 is 22.7 Å². The SMILES string of the molecule is CC[C@@H](C)NC(=O)[C@@H](CC)N(Cc1ccc(OC)cc1)C(=O)CCCN(c1cccc(C)c1C)S(C)(=O)=O. The van der Waals surface area contributed by atoms with Crippen molar-refractivity contribution in [3.05, 3.63) is 59.2 Å². The molecule has 1 N–H and O–H groups in total. The Bertz CT molecular complexity index is 1180. The first-order valence-corrected chi connectivity index (χ1v) is 15.0. The molecule has 0 bridgehead atoms. The summed E-state index contributed by atoms with van der Waals surface area (Å²) in [5.74, 6) is 0.332. The highest BCUT2D eigenvalue weighted by Crippen LogP contribution is 2.26. The summed E-state index contributed by atoms with van der Waals surface area (Å²) in [5, 5.41) is 3.01. The Morgan fingerprint density at radius 3 is 2.24 bits per heavy atom. The predicted octanol–water partition coefficient (Wildman–Crippen LogP) is 4.58. The van der Waals surface area contributed by atoms with Crippen molar-refractivity contribution in [2.24, 2.45) is 0 Å². The van der Waals surface area contributed by atoms with Crippen molar-refractivity contribution in [2.75, 3.05) is 24.2 Å². The maximum Gasteiger partial charge on any atom is 0.243 e. The molecule has 2 atom stereocenters. The summed E-state index contributed by atoms with van der Waals surface area (Å²) < 4.78 is 31.9. The fourth-order valence-electron chi connectivity index (χ4n) is 4.28. The summed E-state index contributed by atoms with van der Waals surface area (Å²) in [4.78, 5) is 28.3. The number of ether oxygens (including phenoxy) is 1. The number of methoxy groups -OCH3 is 1. The van der Waals surface area contributed by atoms with E-state index in [-0.39, 0.29) is 37.4 Å². The molecule has 0 saturated heterocycles. The van der Waals surface area contributed by atoms with Gasteiger partial charge >= 0.3 is 0 Å². The van der Waals surface area contributed by atoms with Gasteiger partial charge in [0.1, 0.15) is 11.8 Å². The second-order valence-electron chi connectivity index (χ2n) is 9.77. The van der Waals surface area contributed by atoms with Gasteiger partial charge in [-0.15, -0.1) is 0 Å². The number of carbonyl (C=O) groups is 2. The van der Waals surface area contributed by atoms with Crippen LogP contribution in [-0.4, -0.2) is 57.1 Å². The van der Waals surface area contributed by atoms with E-state index in [1.165, 1.54) is 10.6 Å². The van der Waals surface area contributed by atoms with Crippen molar-refractivity contribution >= 4 is 27.5 Å². The Balaban J connectivity index is 2.26. The molecule has 0 unspecified atom stereocenters. The van der Waals surface area contributed by atoms with Gasteiger partial charge in [0.2, 0.25) is 21.8 Å². The molecule has 0 heterocycles. The Morgan fingerprint density at radius 1 is 1.03 bits per heavy atom. The maximum absolute atomic E-state index is 13.6. The van der Waals surface area contributed by atoms with Crippen LogP contribution in [0.1, 0.15) is 63.1 Å². The van der Waals surface area contributed by atoms with Gasteiger partial charge in [-0.25, -0.2) is 8.42 Å². The van der Waals surface area contributed by atoms with E-state index in [0.717, 1.165) is 23.1 Å². The number of nitrogens with one attached hydrogen (secondary N) is 1. The van der Waals surface area contributed by atoms with Crippen LogP contribution in [-0.2, 0) is 26.2 Å². The maximum atomic E-state index is 13.6. The Hall–Kier alpha value is -3.07. The van der Waals surface area contributed by atoms with Crippen LogP contribution in [0.2, 0.25) is 0 Å². The second kappa shape index (κ2) is 14.2. The van der Waals surface area contributed by atoms with Gasteiger partial charge in [-0.2, -0.15) is 0 Å². The van der Waals surface area contributed by atoms with Gasteiger partial charge in [-0.3, -0.25) is 13.9 Å². The van der Waals surface area contributed by atoms with Crippen LogP contribution in [0.4, 0.5) is 5.69 Å². The zero-order valence-corrected chi connectivity index (χ0v) is 24.6. The second-order valence-corrected chi connectivity index (χ2v) is 11.7. The average molecular weight is 546 g/mol. The molecule has 2 aromatic rings. The normalized spacial score (nSPS) is 12.9. The van der Waals surface area contributed by atoms with E-state index in [1.807, 2.05) is 71.0 Å². The van der Waals surface area contributed by atoms with Crippen molar-refractivity contribution in [3.63, 3.8) is 0 Å². The number of aryl methyl sites for hydroxylation is 1. The van der Waals surface area contributed by atoms with Gasteiger partial charge < -0.3 is 15.0 Å². The summed E-state index contributed by atoms with van der Waals surface area (Å²) in [6.07, 6.45) is 2.86. The average Bonchev–Trinajstić information content (AvgIpc) is 2.87. The van der Waals surface area contributed by atoms with E-state index in [1.54, 1.807) is 18.1 Å². The molecule has 210 valence electrons. The minimum atomic E-state index is -3.55. The van der Waals surface area contributed by atoms with Crippen LogP contribution in [0, 0.1) is 13.8 Å². The van der Waals surface area contributed by atoms with Crippen molar-refractivity contribution in [2.45, 2.75) is 78.9 Å². The minimum absolute atomic E-state index is 0.00428. The highest BCUT2D eigenvalue weighted by Gasteiger charge is 2.29. The molecule has 2 amide bonds. The van der Waals surface area contributed by atoms with Gasteiger partial charge in [0, 0.05) is 25.6 Å². The Labute approximate surface area is 228 Å². The highest BCUT2D eigenvalue weighted by molar-refractivity contribution is 7.92. The molecule has 0 spiro atoms. The first-order valence-electron chi connectivity index (χ1n) is 13.2. The minimum Gasteiger partial charge on any atom is -0.497 e. The molecule has 0 aromatic heterocycles. The highest BCUT2D eigenvalue weighted by atomic mass is 32.2. The van der Waals surface area contributed by atoms with Gasteiger partial charge in [-0.1, -0.05) is 38.1 Å². The number of hydrogen-bond donors (Lipinski definition) is 1. The van der Waals surface area contributed by atoms with E-state index in [2.05, 4.69) is 5.32 Å². The van der Waals surface area contributed by atoms with Crippen LogP contribution in [0.5, 0.6) is 5.75 Å². The van der Waals surface area contributed by atoms with Crippen LogP contribution in [0.15, 0.2) is 42.5 Å². The zero-order valence-electron chi connectivity index (χ0n) is 23.8. The summed E-state index contributed by atoms with van der Waals surface area (Å²) in [5.41, 5.74) is 3.38. The topological polar surface area (TPSA) is 96.0 Å². The standard InChI is InChI=1S/C29H43N3O5S/c1-8-22(4)30-29(34)26(9-2)31(20-24-15-17-25(37-6)18-16-24)28(33)14-11-19-32(38(7,35)36)27-13-10-12-21(3)23(27)5/h10,12-13,15-18,22,26H,8-9,11,14,19-20H2,1-7H3,(H,30,34)/t22-,26-/m1/s1. The third-order valence-corrected chi connectivity index (χ3v) is 8.08. The van der Waals surface area contributed by atoms with Crippen LogP contribution in [0.25, 0.3) is 0 Å². The quantitative estimate of drug-likeness (QED) is 0.375. The number of carbonyl (C=O) groups excluding carboxylic acids is 2. The summed E-state index contributed by atoms with van der Waals surface area (Å²) >= 11 is 0. The van der Waals surface area contributed by atoms with Gasteiger partial charge in [-0.05, 0) is 74.9 Å². The lowest BCUT2D eigenvalue weighted by Crippen LogP contribution is -2.50. The third kappa shape index (κ3) is 8.48. The molecule has 0 fully saturated rings. The van der Waals surface area contributed by atoms with Crippen molar-refractivity contribution in [1.29, 1.82) is 0 Å². The molecule has 8 nitrogen and oxygen atoms in total. The molecule has 9 heteroatoms. The predicted molar refractivity (Wildman–Crippen MR) is 153 cm³/mol. The molecule has 0 aliphatic rings. The van der Waals surface area contributed by atoms with Gasteiger partial charge in [0.05, 0.1) is 19.1 Å². The molecule has 0 saturated carbocycles.